The Balaban J connectivity index is 1.43. The van der Waals surface area contributed by atoms with E-state index in [2.05, 4.69) is 16.0 Å². The van der Waals surface area contributed by atoms with E-state index in [0.29, 0.717) is 13.0 Å². The van der Waals surface area contributed by atoms with Crippen LogP contribution >= 0.6 is 0 Å². The summed E-state index contributed by atoms with van der Waals surface area (Å²) in [5.41, 5.74) is 2.34. The van der Waals surface area contributed by atoms with Crippen molar-refractivity contribution in [3.8, 4) is 0 Å². The monoisotopic (exact) mass is 493 g/mol. The molecular formula is C25H31N7O4. The van der Waals surface area contributed by atoms with E-state index >= 15 is 0 Å². The van der Waals surface area contributed by atoms with Crippen molar-refractivity contribution >= 4 is 28.1 Å². The molecule has 1 saturated heterocycles. The van der Waals surface area contributed by atoms with Gasteiger partial charge in [-0.15, -0.1) is 0 Å². The minimum atomic E-state index is -1.32. The number of hydrogen-bond acceptors (Lipinski definition) is 6. The fourth-order valence-corrected chi connectivity index (χ4v) is 5.35. The van der Waals surface area contributed by atoms with Crippen LogP contribution in [0.5, 0.6) is 0 Å². The molecule has 3 aromatic heterocycles. The lowest BCUT2D eigenvalue weighted by atomic mass is 9.88. The Bertz CT molecular complexity index is 1650. The number of carbonyl (C=O) groups is 1. The van der Waals surface area contributed by atoms with E-state index in [4.69, 9.17) is 0 Å². The van der Waals surface area contributed by atoms with Crippen LogP contribution in [0.25, 0.3) is 22.2 Å². The summed E-state index contributed by atoms with van der Waals surface area (Å²) in [7, 11) is 2.98. The number of aryl methyl sites for hydroxylation is 4. The van der Waals surface area contributed by atoms with Crippen LogP contribution < -0.4 is 11.2 Å². The average Bonchev–Trinajstić information content (AvgIpc) is 3.37. The summed E-state index contributed by atoms with van der Waals surface area (Å²) in [6, 6.07) is 3.60. The molecule has 11 heteroatoms. The highest BCUT2D eigenvalue weighted by Crippen LogP contribution is 2.33. The van der Waals surface area contributed by atoms with E-state index in [1.807, 2.05) is 31.4 Å². The molecule has 1 N–H and O–H groups in total. The summed E-state index contributed by atoms with van der Waals surface area (Å²) < 4.78 is 5.92. The SMILES string of the molecule is Cc1cc2nc(C)n(CC(=O)N3CC[C@@H](n4cnc5c4c(=O)n(C)c(=O)n5C)[C@](C)(O)C3)c2cc1C. The Morgan fingerprint density at radius 1 is 1.14 bits per heavy atom. The number of hydrogen-bond donors (Lipinski definition) is 1. The highest BCUT2D eigenvalue weighted by atomic mass is 16.3. The Hall–Kier alpha value is -3.73. The van der Waals surface area contributed by atoms with E-state index < -0.39 is 22.9 Å². The molecule has 190 valence electrons. The molecule has 11 nitrogen and oxygen atoms in total. The second-order valence-corrected chi connectivity index (χ2v) is 10.2. The number of piperidine rings is 1. The van der Waals surface area contributed by atoms with Gasteiger partial charge in [0, 0.05) is 20.6 Å². The van der Waals surface area contributed by atoms with Gasteiger partial charge in [0.1, 0.15) is 18.0 Å². The number of β-amino-alcohol motifs (C(OH)–C–C–N with tert-alkyl or cyclic N) is 1. The summed E-state index contributed by atoms with van der Waals surface area (Å²) >= 11 is 0. The number of amides is 1. The largest absolute Gasteiger partial charge is 0.386 e. The van der Waals surface area contributed by atoms with Crippen LogP contribution in [0.4, 0.5) is 0 Å². The van der Waals surface area contributed by atoms with Crippen LogP contribution in [-0.2, 0) is 25.4 Å². The number of fused-ring (bicyclic) bond motifs is 2. The number of rotatable bonds is 3. The number of benzene rings is 1. The Morgan fingerprint density at radius 2 is 1.83 bits per heavy atom. The van der Waals surface area contributed by atoms with Gasteiger partial charge in [0.15, 0.2) is 11.2 Å². The summed E-state index contributed by atoms with van der Waals surface area (Å²) in [6.07, 6.45) is 1.92. The van der Waals surface area contributed by atoms with Crippen molar-refractivity contribution in [3.63, 3.8) is 0 Å². The molecule has 1 amide bonds. The summed E-state index contributed by atoms with van der Waals surface area (Å²) in [6.45, 7) is 8.27. The normalized spacial score (nSPS) is 20.5. The summed E-state index contributed by atoms with van der Waals surface area (Å²) in [4.78, 5) is 49.1. The van der Waals surface area contributed by atoms with Crippen LogP contribution in [0.15, 0.2) is 28.0 Å². The zero-order valence-corrected chi connectivity index (χ0v) is 21.4. The molecule has 1 aromatic carbocycles. The van der Waals surface area contributed by atoms with Crippen LogP contribution in [0.2, 0.25) is 0 Å². The topological polar surface area (TPSA) is 120 Å². The van der Waals surface area contributed by atoms with Crippen LogP contribution in [0.3, 0.4) is 0 Å². The third-order valence-electron chi connectivity index (χ3n) is 7.61. The van der Waals surface area contributed by atoms with E-state index in [0.717, 1.165) is 32.6 Å². The summed E-state index contributed by atoms with van der Waals surface area (Å²) in [5, 5.41) is 11.4. The number of nitrogens with zero attached hydrogens (tertiary/aromatic N) is 7. The molecule has 0 spiro atoms. The predicted molar refractivity (Wildman–Crippen MR) is 135 cm³/mol. The molecule has 5 rings (SSSR count). The van der Waals surface area contributed by atoms with Gasteiger partial charge in [0.25, 0.3) is 5.56 Å². The number of likely N-dealkylation sites (tertiary alicyclic amines) is 1. The molecule has 0 unspecified atom stereocenters. The van der Waals surface area contributed by atoms with Gasteiger partial charge >= 0.3 is 5.69 Å². The first kappa shape index (κ1) is 24.0. The smallest absolute Gasteiger partial charge is 0.332 e. The number of carbonyl (C=O) groups excluding carboxylic acids is 1. The number of aromatic nitrogens is 6. The zero-order valence-electron chi connectivity index (χ0n) is 21.4. The van der Waals surface area contributed by atoms with Crippen molar-refractivity contribution in [3.05, 3.63) is 56.2 Å². The summed E-state index contributed by atoms with van der Waals surface area (Å²) in [5.74, 6) is 0.652. The lowest BCUT2D eigenvalue weighted by molar-refractivity contribution is -0.141. The van der Waals surface area contributed by atoms with Gasteiger partial charge < -0.3 is 19.1 Å². The third kappa shape index (κ3) is 3.57. The molecular weight excluding hydrogens is 462 g/mol. The molecule has 0 bridgehead atoms. The van der Waals surface area contributed by atoms with E-state index in [1.165, 1.54) is 17.9 Å². The van der Waals surface area contributed by atoms with Crippen molar-refractivity contribution in [1.29, 1.82) is 0 Å². The quantitative estimate of drug-likeness (QED) is 0.453. The Kier molecular flexibility index (Phi) is 5.43. The first-order chi connectivity index (χ1) is 16.9. The maximum absolute atomic E-state index is 13.3. The van der Waals surface area contributed by atoms with Gasteiger partial charge in [-0.05, 0) is 57.4 Å². The standard InChI is InChI=1S/C25H31N7O4/c1-14-9-17-18(10-15(14)2)31(16(3)27-17)11-20(33)30-8-7-19(25(4,36)12-30)32-13-26-22-21(32)23(34)29(6)24(35)28(22)5/h9-10,13,19,36H,7-8,11-12H2,1-6H3/t19-,25-/m1/s1. The minimum absolute atomic E-state index is 0.103. The number of imidazole rings is 2. The van der Waals surface area contributed by atoms with Gasteiger partial charge in [-0.1, -0.05) is 0 Å². The highest BCUT2D eigenvalue weighted by Gasteiger charge is 2.41. The molecule has 4 aromatic rings. The lowest BCUT2D eigenvalue weighted by Crippen LogP contribution is -2.55. The van der Waals surface area contributed by atoms with Gasteiger partial charge in [0.2, 0.25) is 5.91 Å². The van der Waals surface area contributed by atoms with E-state index in [-0.39, 0.29) is 30.2 Å². The second-order valence-electron chi connectivity index (χ2n) is 10.2. The maximum atomic E-state index is 13.3. The molecule has 0 radical (unpaired) electrons. The van der Waals surface area contributed by atoms with Crippen molar-refractivity contribution in [2.45, 2.75) is 52.3 Å². The van der Waals surface area contributed by atoms with Gasteiger partial charge in [-0.2, -0.15) is 0 Å². The molecule has 0 aliphatic carbocycles. The van der Waals surface area contributed by atoms with E-state index in [9.17, 15) is 19.5 Å². The molecule has 36 heavy (non-hydrogen) atoms. The maximum Gasteiger partial charge on any atom is 0.332 e. The van der Waals surface area contributed by atoms with Crippen LogP contribution in [0.1, 0.15) is 36.3 Å². The minimum Gasteiger partial charge on any atom is -0.386 e. The fourth-order valence-electron chi connectivity index (χ4n) is 5.35. The third-order valence-corrected chi connectivity index (χ3v) is 7.61. The van der Waals surface area contributed by atoms with Crippen molar-refractivity contribution in [2.24, 2.45) is 14.1 Å². The molecule has 2 atom stereocenters. The Morgan fingerprint density at radius 3 is 2.53 bits per heavy atom. The average molecular weight is 494 g/mol. The molecule has 0 saturated carbocycles. The van der Waals surface area contributed by atoms with Gasteiger partial charge in [0.05, 0.1) is 29.9 Å². The van der Waals surface area contributed by atoms with Gasteiger partial charge in [-0.25, -0.2) is 14.8 Å². The molecule has 1 aliphatic rings. The number of aliphatic hydroxyl groups is 1. The predicted octanol–water partition coefficient (Wildman–Crippen LogP) is 0.933. The Labute approximate surface area is 207 Å². The second kappa shape index (κ2) is 8.16. The molecule has 4 heterocycles. The first-order valence-corrected chi connectivity index (χ1v) is 12.0. The van der Waals surface area contributed by atoms with Crippen molar-refractivity contribution < 1.29 is 9.90 Å². The van der Waals surface area contributed by atoms with Crippen LogP contribution in [-0.4, -0.2) is 62.8 Å². The first-order valence-electron chi connectivity index (χ1n) is 12.0. The molecule has 1 fully saturated rings. The highest BCUT2D eigenvalue weighted by molar-refractivity contribution is 5.82. The van der Waals surface area contributed by atoms with Crippen molar-refractivity contribution in [2.75, 3.05) is 13.1 Å². The molecule has 1 aliphatic heterocycles. The fraction of sp³-hybridized carbons (Fsp3) is 0.480. The zero-order chi connectivity index (χ0) is 26.1. The van der Waals surface area contributed by atoms with E-state index in [1.54, 1.807) is 23.4 Å². The van der Waals surface area contributed by atoms with Crippen LogP contribution in [0, 0.1) is 20.8 Å². The van der Waals surface area contributed by atoms with Gasteiger partial charge in [-0.3, -0.25) is 18.7 Å². The van der Waals surface area contributed by atoms with Crippen molar-refractivity contribution in [1.82, 2.24) is 33.1 Å². The lowest BCUT2D eigenvalue weighted by Gasteiger charge is -2.43.